The summed E-state index contributed by atoms with van der Waals surface area (Å²) in [5.41, 5.74) is 9.40. The number of hydrogen-bond donors (Lipinski definition) is 2. The van der Waals surface area contributed by atoms with E-state index in [1.54, 1.807) is 6.92 Å². The monoisotopic (exact) mass is 272 g/mol. The maximum Gasteiger partial charge on any atom is 0.234 e. The summed E-state index contributed by atoms with van der Waals surface area (Å²) in [6.45, 7) is 6.33. The summed E-state index contributed by atoms with van der Waals surface area (Å²) in [5.74, 6) is -0.351. The molecule has 3 N–H and O–H groups in total. The largest absolute Gasteiger partial charge is 0.368 e. The lowest BCUT2D eigenvalue weighted by molar-refractivity contribution is -0.119. The van der Waals surface area contributed by atoms with E-state index in [0.29, 0.717) is 6.54 Å². The molecular formula is C15H20N4O. The molecule has 1 heterocycles. The van der Waals surface area contributed by atoms with Crippen LogP contribution in [0.4, 0.5) is 0 Å². The van der Waals surface area contributed by atoms with E-state index in [0.717, 1.165) is 22.6 Å². The summed E-state index contributed by atoms with van der Waals surface area (Å²) in [5, 5.41) is 7.68. The van der Waals surface area contributed by atoms with Gasteiger partial charge in [0.1, 0.15) is 0 Å². The van der Waals surface area contributed by atoms with Crippen LogP contribution in [0.25, 0.3) is 5.69 Å². The third kappa shape index (κ3) is 2.88. The van der Waals surface area contributed by atoms with Crippen LogP contribution in [-0.4, -0.2) is 21.7 Å². The fourth-order valence-corrected chi connectivity index (χ4v) is 2.11. The first kappa shape index (κ1) is 14.3. The van der Waals surface area contributed by atoms with Crippen LogP contribution in [0.2, 0.25) is 0 Å². The average Bonchev–Trinajstić information content (AvgIpc) is 2.72. The topological polar surface area (TPSA) is 72.9 Å². The SMILES string of the molecule is Cc1nn(-c2ccccc2)c(C)c1CNC(C)C(N)=O. The number of nitrogens with two attached hydrogens (primary N) is 1. The molecule has 0 aliphatic carbocycles. The van der Waals surface area contributed by atoms with Crippen molar-refractivity contribution in [1.82, 2.24) is 15.1 Å². The van der Waals surface area contributed by atoms with Crippen molar-refractivity contribution < 1.29 is 4.79 Å². The van der Waals surface area contributed by atoms with Crippen LogP contribution in [0.1, 0.15) is 23.9 Å². The van der Waals surface area contributed by atoms with Crippen LogP contribution < -0.4 is 11.1 Å². The number of rotatable bonds is 5. The third-order valence-electron chi connectivity index (χ3n) is 3.45. The highest BCUT2D eigenvalue weighted by Crippen LogP contribution is 2.17. The average molecular weight is 272 g/mol. The van der Waals surface area contributed by atoms with Crippen molar-refractivity contribution in [3.8, 4) is 5.69 Å². The minimum Gasteiger partial charge on any atom is -0.368 e. The highest BCUT2D eigenvalue weighted by molar-refractivity contribution is 5.79. The van der Waals surface area contributed by atoms with E-state index in [1.165, 1.54) is 0 Å². The van der Waals surface area contributed by atoms with Crippen molar-refractivity contribution in [2.24, 2.45) is 5.73 Å². The maximum absolute atomic E-state index is 11.1. The number of nitrogens with zero attached hydrogens (tertiary/aromatic N) is 2. The zero-order valence-corrected chi connectivity index (χ0v) is 12.1. The van der Waals surface area contributed by atoms with Gasteiger partial charge in [-0.25, -0.2) is 4.68 Å². The van der Waals surface area contributed by atoms with E-state index < -0.39 is 0 Å². The van der Waals surface area contributed by atoms with E-state index in [4.69, 9.17) is 5.73 Å². The highest BCUT2D eigenvalue weighted by atomic mass is 16.1. The van der Waals surface area contributed by atoms with E-state index in [9.17, 15) is 4.79 Å². The molecule has 0 saturated carbocycles. The van der Waals surface area contributed by atoms with Crippen molar-refractivity contribution in [2.75, 3.05) is 0 Å². The first-order valence-electron chi connectivity index (χ1n) is 6.64. The number of nitrogens with one attached hydrogen (secondary N) is 1. The van der Waals surface area contributed by atoms with Gasteiger partial charge in [-0.05, 0) is 32.9 Å². The van der Waals surface area contributed by atoms with Crippen LogP contribution in [0.3, 0.4) is 0 Å². The van der Waals surface area contributed by atoms with Crippen LogP contribution in [0, 0.1) is 13.8 Å². The molecule has 2 aromatic rings. The van der Waals surface area contributed by atoms with Crippen molar-refractivity contribution in [1.29, 1.82) is 0 Å². The number of aromatic nitrogens is 2. The molecule has 0 aliphatic heterocycles. The molecule has 0 fully saturated rings. The van der Waals surface area contributed by atoms with Crippen molar-refractivity contribution in [3.05, 3.63) is 47.3 Å². The number of benzene rings is 1. The molecule has 0 aliphatic rings. The van der Waals surface area contributed by atoms with Gasteiger partial charge < -0.3 is 11.1 Å². The van der Waals surface area contributed by atoms with Crippen molar-refractivity contribution in [3.63, 3.8) is 0 Å². The van der Waals surface area contributed by atoms with E-state index in [1.807, 2.05) is 48.9 Å². The van der Waals surface area contributed by atoms with Gasteiger partial charge >= 0.3 is 0 Å². The molecule has 0 bridgehead atoms. The van der Waals surface area contributed by atoms with Crippen LogP contribution in [0.5, 0.6) is 0 Å². The molecule has 5 heteroatoms. The summed E-state index contributed by atoms with van der Waals surface area (Å²) in [6, 6.07) is 9.63. The highest BCUT2D eigenvalue weighted by Gasteiger charge is 2.14. The van der Waals surface area contributed by atoms with Gasteiger partial charge in [-0.2, -0.15) is 5.10 Å². The molecule has 0 saturated heterocycles. The molecule has 0 radical (unpaired) electrons. The van der Waals surface area contributed by atoms with Gasteiger partial charge in [-0.1, -0.05) is 18.2 Å². The maximum atomic E-state index is 11.1. The fourth-order valence-electron chi connectivity index (χ4n) is 2.11. The molecule has 1 atom stereocenters. The van der Waals surface area contributed by atoms with Gasteiger partial charge in [0.25, 0.3) is 0 Å². The van der Waals surface area contributed by atoms with Crippen LogP contribution in [0.15, 0.2) is 30.3 Å². The second kappa shape index (κ2) is 5.88. The zero-order chi connectivity index (χ0) is 14.7. The quantitative estimate of drug-likeness (QED) is 0.865. The Labute approximate surface area is 118 Å². The lowest BCUT2D eigenvalue weighted by Crippen LogP contribution is -2.38. The Morgan fingerprint density at radius 3 is 2.60 bits per heavy atom. The van der Waals surface area contributed by atoms with E-state index >= 15 is 0 Å². The lowest BCUT2D eigenvalue weighted by atomic mass is 10.2. The Bertz CT molecular complexity index is 604. The van der Waals surface area contributed by atoms with E-state index in [2.05, 4.69) is 10.4 Å². The smallest absolute Gasteiger partial charge is 0.234 e. The van der Waals surface area contributed by atoms with Gasteiger partial charge in [-0.3, -0.25) is 4.79 Å². The Balaban J connectivity index is 2.24. The third-order valence-corrected chi connectivity index (χ3v) is 3.45. The fraction of sp³-hybridized carbons (Fsp3) is 0.333. The van der Waals surface area contributed by atoms with Gasteiger partial charge in [-0.15, -0.1) is 0 Å². The minimum absolute atomic E-state index is 0.351. The molecule has 2 rings (SSSR count). The Kier molecular flexibility index (Phi) is 4.20. The first-order chi connectivity index (χ1) is 9.50. The van der Waals surface area contributed by atoms with Gasteiger partial charge in [0, 0.05) is 17.8 Å². The Morgan fingerprint density at radius 2 is 2.00 bits per heavy atom. The molecule has 1 amide bonds. The van der Waals surface area contributed by atoms with Crippen LogP contribution in [-0.2, 0) is 11.3 Å². The first-order valence-corrected chi connectivity index (χ1v) is 6.64. The molecule has 1 aromatic carbocycles. The number of carbonyl (C=O) groups is 1. The minimum atomic E-state index is -0.353. The standard InChI is InChI=1S/C15H20N4O/c1-10-14(9-17-11(2)15(16)20)12(3)19(18-10)13-7-5-4-6-8-13/h4-8,11,17H,9H2,1-3H3,(H2,16,20). The predicted molar refractivity (Wildman–Crippen MR) is 78.5 cm³/mol. The van der Waals surface area contributed by atoms with Gasteiger partial charge in [0.05, 0.1) is 17.4 Å². The Morgan fingerprint density at radius 1 is 1.35 bits per heavy atom. The molecule has 20 heavy (non-hydrogen) atoms. The van der Waals surface area contributed by atoms with E-state index in [-0.39, 0.29) is 11.9 Å². The van der Waals surface area contributed by atoms with Crippen molar-refractivity contribution >= 4 is 5.91 Å². The van der Waals surface area contributed by atoms with Gasteiger partial charge in [0.2, 0.25) is 5.91 Å². The molecular weight excluding hydrogens is 252 g/mol. The predicted octanol–water partition coefficient (Wildman–Crippen LogP) is 1.45. The molecule has 1 unspecified atom stereocenters. The summed E-state index contributed by atoms with van der Waals surface area (Å²) in [4.78, 5) is 11.1. The number of amides is 1. The second-order valence-corrected chi connectivity index (χ2v) is 4.90. The number of carbonyl (C=O) groups excluding carboxylic acids is 1. The summed E-state index contributed by atoms with van der Waals surface area (Å²) in [7, 11) is 0. The molecule has 1 aromatic heterocycles. The Hall–Kier alpha value is -2.14. The number of hydrogen-bond acceptors (Lipinski definition) is 3. The normalized spacial score (nSPS) is 12.3. The van der Waals surface area contributed by atoms with Crippen LogP contribution >= 0.6 is 0 Å². The lowest BCUT2D eigenvalue weighted by Gasteiger charge is -2.10. The number of primary amides is 1. The number of aryl methyl sites for hydroxylation is 1. The second-order valence-electron chi connectivity index (χ2n) is 4.90. The summed E-state index contributed by atoms with van der Waals surface area (Å²) < 4.78 is 1.92. The summed E-state index contributed by atoms with van der Waals surface area (Å²) in [6.07, 6.45) is 0. The zero-order valence-electron chi connectivity index (χ0n) is 12.1. The molecule has 106 valence electrons. The molecule has 5 nitrogen and oxygen atoms in total. The number of para-hydroxylation sites is 1. The van der Waals surface area contributed by atoms with Crippen molar-refractivity contribution in [2.45, 2.75) is 33.4 Å². The van der Waals surface area contributed by atoms with Gasteiger partial charge in [0.15, 0.2) is 0 Å². The molecule has 0 spiro atoms. The summed E-state index contributed by atoms with van der Waals surface area (Å²) >= 11 is 0.